The second-order valence-corrected chi connectivity index (χ2v) is 6.28. The highest BCUT2D eigenvalue weighted by atomic mass is 16.6. The summed E-state index contributed by atoms with van der Waals surface area (Å²) in [7, 11) is 0. The molecule has 2 saturated heterocycles. The number of carbonyl (C=O) groups is 3. The first-order valence-corrected chi connectivity index (χ1v) is 8.39. The van der Waals surface area contributed by atoms with E-state index < -0.39 is 42.4 Å². The van der Waals surface area contributed by atoms with Crippen molar-refractivity contribution in [2.75, 3.05) is 13.2 Å². The minimum Gasteiger partial charge on any atom is -0.457 e. The van der Waals surface area contributed by atoms with Gasteiger partial charge in [0.15, 0.2) is 12.2 Å². The van der Waals surface area contributed by atoms with Crippen molar-refractivity contribution in [2.24, 2.45) is 0 Å². The Kier molecular flexibility index (Phi) is 5.41. The highest BCUT2D eigenvalue weighted by Gasteiger charge is 2.53. The Labute approximate surface area is 150 Å². The maximum atomic E-state index is 12.0. The van der Waals surface area contributed by atoms with Gasteiger partial charge in [-0.1, -0.05) is 30.3 Å². The summed E-state index contributed by atoms with van der Waals surface area (Å²) in [5.41, 5.74) is 0.931. The summed E-state index contributed by atoms with van der Waals surface area (Å²) in [6, 6.07) is 9.07. The zero-order chi connectivity index (χ0) is 18.7. The lowest BCUT2D eigenvalue weighted by Gasteiger charge is -2.43. The molecule has 1 aromatic carbocycles. The van der Waals surface area contributed by atoms with Gasteiger partial charge in [0, 0.05) is 13.8 Å². The number of cyclic esters (lactones) is 1. The fourth-order valence-corrected chi connectivity index (χ4v) is 3.30. The molecule has 4 atom stereocenters. The number of nitrogens with zero attached hydrogens (tertiary/aromatic N) is 1. The molecule has 1 aromatic rings. The molecule has 140 valence electrons. The maximum absolute atomic E-state index is 12.0. The van der Waals surface area contributed by atoms with E-state index in [4.69, 9.17) is 18.9 Å². The molecule has 0 saturated carbocycles. The fraction of sp³-hybridized carbons (Fsp3) is 0.500. The number of hydrogen-bond donors (Lipinski definition) is 0. The minimum atomic E-state index is -0.823. The van der Waals surface area contributed by atoms with Crippen LogP contribution in [0.4, 0.5) is 4.79 Å². The second kappa shape index (κ2) is 7.74. The van der Waals surface area contributed by atoms with Crippen LogP contribution in [0.5, 0.6) is 0 Å². The molecule has 8 nitrogen and oxygen atoms in total. The van der Waals surface area contributed by atoms with Crippen LogP contribution in [-0.4, -0.2) is 60.4 Å². The molecule has 2 fully saturated rings. The molecule has 0 unspecified atom stereocenters. The van der Waals surface area contributed by atoms with E-state index in [9.17, 15) is 14.4 Å². The van der Waals surface area contributed by atoms with Gasteiger partial charge in [0.25, 0.3) is 0 Å². The molecule has 0 N–H and O–H groups in total. The Balaban J connectivity index is 1.84. The van der Waals surface area contributed by atoms with Gasteiger partial charge in [0.05, 0.1) is 19.2 Å². The molecule has 2 heterocycles. The highest BCUT2D eigenvalue weighted by molar-refractivity contribution is 5.71. The zero-order valence-corrected chi connectivity index (χ0v) is 14.6. The molecule has 3 rings (SSSR count). The van der Waals surface area contributed by atoms with Crippen LogP contribution in [0.25, 0.3) is 0 Å². The second-order valence-electron chi connectivity index (χ2n) is 6.28. The first kappa shape index (κ1) is 18.2. The molecule has 0 bridgehead atoms. The SMILES string of the molecule is CC(=O)O[C@H]1[C@H](OCc2ccccc2)[C@H]2COC(=O)N2C[C@@H]1OC(C)=O. The van der Waals surface area contributed by atoms with E-state index in [0.29, 0.717) is 0 Å². The predicted octanol–water partition coefficient (Wildman–Crippen LogP) is 1.27. The number of benzene rings is 1. The van der Waals surface area contributed by atoms with Crippen molar-refractivity contribution in [3.63, 3.8) is 0 Å². The van der Waals surface area contributed by atoms with Gasteiger partial charge in [-0.15, -0.1) is 0 Å². The summed E-state index contributed by atoms with van der Waals surface area (Å²) in [4.78, 5) is 36.5. The zero-order valence-electron chi connectivity index (χ0n) is 14.6. The van der Waals surface area contributed by atoms with Crippen LogP contribution in [0.1, 0.15) is 19.4 Å². The Morgan fingerprint density at radius 1 is 1.12 bits per heavy atom. The lowest BCUT2D eigenvalue weighted by atomic mass is 9.94. The number of carbonyl (C=O) groups excluding carboxylic acids is 3. The molecular formula is C18H21NO7. The number of rotatable bonds is 5. The molecule has 8 heteroatoms. The lowest BCUT2D eigenvalue weighted by Crippen LogP contribution is -2.63. The van der Waals surface area contributed by atoms with E-state index in [1.54, 1.807) is 0 Å². The summed E-state index contributed by atoms with van der Waals surface area (Å²) in [5.74, 6) is -1.04. The van der Waals surface area contributed by atoms with Gasteiger partial charge >= 0.3 is 18.0 Å². The van der Waals surface area contributed by atoms with Crippen LogP contribution < -0.4 is 0 Å². The smallest absolute Gasteiger partial charge is 0.410 e. The molecule has 0 aromatic heterocycles. The quantitative estimate of drug-likeness (QED) is 0.575. The summed E-state index contributed by atoms with van der Waals surface area (Å²) in [5, 5.41) is 0. The first-order valence-electron chi connectivity index (χ1n) is 8.39. The van der Waals surface area contributed by atoms with Gasteiger partial charge in [-0.3, -0.25) is 14.5 Å². The van der Waals surface area contributed by atoms with Crippen molar-refractivity contribution in [2.45, 2.75) is 44.8 Å². The van der Waals surface area contributed by atoms with E-state index in [1.165, 1.54) is 18.7 Å². The summed E-state index contributed by atoms with van der Waals surface area (Å²) >= 11 is 0. The molecule has 26 heavy (non-hydrogen) atoms. The van der Waals surface area contributed by atoms with Crippen molar-refractivity contribution < 1.29 is 33.3 Å². The topological polar surface area (TPSA) is 91.4 Å². The van der Waals surface area contributed by atoms with Crippen molar-refractivity contribution in [3.05, 3.63) is 35.9 Å². The van der Waals surface area contributed by atoms with Gasteiger partial charge in [-0.2, -0.15) is 0 Å². The highest BCUT2D eigenvalue weighted by Crippen LogP contribution is 2.31. The fourth-order valence-electron chi connectivity index (χ4n) is 3.30. The number of esters is 2. The van der Waals surface area contributed by atoms with Gasteiger partial charge in [-0.25, -0.2) is 4.79 Å². The molecule has 0 radical (unpaired) electrons. The predicted molar refractivity (Wildman–Crippen MR) is 88.0 cm³/mol. The average molecular weight is 363 g/mol. The first-order chi connectivity index (χ1) is 12.5. The third-order valence-electron chi connectivity index (χ3n) is 4.36. The Hall–Kier alpha value is -2.61. The summed E-state index contributed by atoms with van der Waals surface area (Å²) < 4.78 is 21.8. The molecular weight excluding hydrogens is 342 g/mol. The van der Waals surface area contributed by atoms with E-state index >= 15 is 0 Å². The van der Waals surface area contributed by atoms with Crippen LogP contribution in [0, 0.1) is 0 Å². The molecule has 0 aliphatic carbocycles. The minimum absolute atomic E-state index is 0.0895. The van der Waals surface area contributed by atoms with Gasteiger partial charge < -0.3 is 18.9 Å². The van der Waals surface area contributed by atoms with Gasteiger partial charge in [0.2, 0.25) is 0 Å². The van der Waals surface area contributed by atoms with Crippen molar-refractivity contribution >= 4 is 18.0 Å². The standard InChI is InChI=1S/C18H21NO7/c1-11(20)25-15-8-19-14(10-24-18(19)22)16(17(15)26-12(2)21)23-9-13-6-4-3-5-7-13/h3-7,14-17H,8-10H2,1-2H3/t14-,15+,16-,17-/m1/s1. The Bertz CT molecular complexity index is 677. The van der Waals surface area contributed by atoms with E-state index in [2.05, 4.69) is 0 Å². The number of hydrogen-bond acceptors (Lipinski definition) is 7. The van der Waals surface area contributed by atoms with Crippen LogP contribution in [0.2, 0.25) is 0 Å². The molecule has 2 aliphatic rings. The number of fused-ring (bicyclic) bond motifs is 1. The average Bonchev–Trinajstić information content (AvgIpc) is 2.95. The molecule has 0 spiro atoms. The van der Waals surface area contributed by atoms with Crippen LogP contribution in [0.3, 0.4) is 0 Å². The lowest BCUT2D eigenvalue weighted by molar-refractivity contribution is -0.196. The Morgan fingerprint density at radius 2 is 1.81 bits per heavy atom. The van der Waals surface area contributed by atoms with Crippen molar-refractivity contribution in [3.8, 4) is 0 Å². The maximum Gasteiger partial charge on any atom is 0.410 e. The van der Waals surface area contributed by atoms with E-state index in [0.717, 1.165) is 5.56 Å². The summed E-state index contributed by atoms with van der Waals surface area (Å²) in [6.45, 7) is 3.02. The van der Waals surface area contributed by atoms with Crippen molar-refractivity contribution in [1.29, 1.82) is 0 Å². The van der Waals surface area contributed by atoms with E-state index in [-0.39, 0.29) is 19.8 Å². The number of ether oxygens (including phenoxy) is 4. The molecule has 1 amide bonds. The van der Waals surface area contributed by atoms with E-state index in [1.807, 2.05) is 30.3 Å². The van der Waals surface area contributed by atoms with Crippen LogP contribution >= 0.6 is 0 Å². The summed E-state index contributed by atoms with van der Waals surface area (Å²) in [6.07, 6.45) is -2.82. The van der Waals surface area contributed by atoms with Crippen molar-refractivity contribution in [1.82, 2.24) is 4.90 Å². The third kappa shape index (κ3) is 3.96. The normalized spacial score (nSPS) is 27.5. The van der Waals surface area contributed by atoms with Crippen LogP contribution in [-0.2, 0) is 35.1 Å². The van der Waals surface area contributed by atoms with Crippen LogP contribution in [0.15, 0.2) is 30.3 Å². The third-order valence-corrected chi connectivity index (χ3v) is 4.36. The monoisotopic (exact) mass is 363 g/mol. The largest absolute Gasteiger partial charge is 0.457 e. The number of amides is 1. The number of piperidine rings is 1. The molecule has 2 aliphatic heterocycles. The van der Waals surface area contributed by atoms with Gasteiger partial charge in [-0.05, 0) is 5.56 Å². The van der Waals surface area contributed by atoms with Gasteiger partial charge in [0.1, 0.15) is 12.7 Å². The Morgan fingerprint density at radius 3 is 2.46 bits per heavy atom.